The number of hydrogen-bond acceptors (Lipinski definition) is 6. The van der Waals surface area contributed by atoms with Crippen LogP contribution in [0.3, 0.4) is 0 Å². The van der Waals surface area contributed by atoms with E-state index in [1.807, 2.05) is 6.92 Å². The van der Waals surface area contributed by atoms with Crippen molar-refractivity contribution < 1.29 is 9.53 Å². The van der Waals surface area contributed by atoms with Crippen LogP contribution in [-0.4, -0.2) is 28.3 Å². The van der Waals surface area contributed by atoms with Crippen molar-refractivity contribution in [1.82, 2.24) is 9.97 Å². The second kappa shape index (κ2) is 7.05. The fraction of sp³-hybridized carbons (Fsp3) is 0.545. The Morgan fingerprint density at radius 1 is 1.50 bits per heavy atom. The van der Waals surface area contributed by atoms with Gasteiger partial charge in [-0.2, -0.15) is 11.8 Å². The van der Waals surface area contributed by atoms with Crippen molar-refractivity contribution >= 4 is 23.5 Å². The van der Waals surface area contributed by atoms with Gasteiger partial charge in [0.15, 0.2) is 0 Å². The molecule has 0 saturated heterocycles. The van der Waals surface area contributed by atoms with E-state index in [9.17, 15) is 9.59 Å². The van der Waals surface area contributed by atoms with Crippen molar-refractivity contribution in [2.75, 3.05) is 18.1 Å². The van der Waals surface area contributed by atoms with E-state index in [1.165, 1.54) is 0 Å². The van der Waals surface area contributed by atoms with E-state index in [0.717, 1.165) is 5.75 Å². The second-order valence-corrected chi connectivity index (χ2v) is 4.77. The summed E-state index contributed by atoms with van der Waals surface area (Å²) in [7, 11) is 0. The molecule has 0 bridgehead atoms. The van der Waals surface area contributed by atoms with Gasteiger partial charge in [-0.05, 0) is 12.7 Å². The van der Waals surface area contributed by atoms with Gasteiger partial charge in [0.05, 0.1) is 24.3 Å². The maximum Gasteiger partial charge on any atom is 0.310 e. The van der Waals surface area contributed by atoms with Crippen LogP contribution in [0.4, 0.5) is 5.82 Å². The van der Waals surface area contributed by atoms with Crippen LogP contribution in [0.2, 0.25) is 0 Å². The highest BCUT2D eigenvalue weighted by Crippen LogP contribution is 2.10. The summed E-state index contributed by atoms with van der Waals surface area (Å²) in [5.74, 6) is 1.66. The number of nitrogens with two attached hydrogens (primary N) is 1. The molecule has 0 amide bonds. The first-order chi connectivity index (χ1) is 8.58. The van der Waals surface area contributed by atoms with Crippen LogP contribution in [0.15, 0.2) is 4.79 Å². The number of nitrogens with one attached hydrogen (secondary N) is 1. The van der Waals surface area contributed by atoms with Gasteiger partial charge in [-0.25, -0.2) is 4.98 Å². The van der Waals surface area contributed by atoms with Crippen molar-refractivity contribution in [2.24, 2.45) is 0 Å². The first-order valence-electron chi connectivity index (χ1n) is 5.69. The van der Waals surface area contributed by atoms with Crippen molar-refractivity contribution in [1.29, 1.82) is 0 Å². The Balaban J connectivity index is 2.87. The molecule has 100 valence electrons. The summed E-state index contributed by atoms with van der Waals surface area (Å²) in [6, 6.07) is 0. The quantitative estimate of drug-likeness (QED) is 0.739. The van der Waals surface area contributed by atoms with Crippen LogP contribution in [-0.2, 0) is 21.7 Å². The van der Waals surface area contributed by atoms with Crippen LogP contribution < -0.4 is 11.3 Å². The summed E-state index contributed by atoms with van der Waals surface area (Å²) in [4.78, 5) is 29.8. The van der Waals surface area contributed by atoms with E-state index < -0.39 is 5.97 Å². The fourth-order valence-corrected chi connectivity index (χ4v) is 1.89. The molecule has 0 radical (unpaired) electrons. The molecule has 0 fully saturated rings. The van der Waals surface area contributed by atoms with Gasteiger partial charge >= 0.3 is 5.97 Å². The van der Waals surface area contributed by atoms with Crippen molar-refractivity contribution in [3.05, 3.63) is 21.7 Å². The van der Waals surface area contributed by atoms with E-state index in [2.05, 4.69) is 9.97 Å². The lowest BCUT2D eigenvalue weighted by Gasteiger charge is -2.06. The molecule has 0 aliphatic rings. The molecular weight excluding hydrogens is 254 g/mol. The average Bonchev–Trinajstić information content (AvgIpc) is 2.31. The highest BCUT2D eigenvalue weighted by molar-refractivity contribution is 7.98. The lowest BCUT2D eigenvalue weighted by molar-refractivity contribution is -0.142. The zero-order valence-corrected chi connectivity index (χ0v) is 11.3. The number of H-pyrrole nitrogens is 1. The largest absolute Gasteiger partial charge is 0.466 e. The normalized spacial score (nSPS) is 10.3. The predicted octanol–water partition coefficient (Wildman–Crippen LogP) is 0.711. The third kappa shape index (κ3) is 4.06. The molecule has 0 saturated carbocycles. The molecule has 0 spiro atoms. The summed E-state index contributed by atoms with van der Waals surface area (Å²) in [6.45, 7) is 3.99. The van der Waals surface area contributed by atoms with Crippen molar-refractivity contribution in [2.45, 2.75) is 26.0 Å². The zero-order valence-electron chi connectivity index (χ0n) is 10.5. The smallest absolute Gasteiger partial charge is 0.310 e. The number of carbonyl (C=O) groups excluding carboxylic acids is 1. The number of carbonyl (C=O) groups is 1. The SMILES string of the molecule is CCOC(=O)Cc1c(N)nc(CSCC)[nH]c1=O. The topological polar surface area (TPSA) is 98.1 Å². The van der Waals surface area contributed by atoms with Gasteiger partial charge in [0, 0.05) is 0 Å². The molecule has 1 heterocycles. The van der Waals surface area contributed by atoms with E-state index in [0.29, 0.717) is 11.6 Å². The average molecular weight is 271 g/mol. The minimum Gasteiger partial charge on any atom is -0.466 e. The van der Waals surface area contributed by atoms with Gasteiger partial charge in [0.2, 0.25) is 0 Å². The molecule has 3 N–H and O–H groups in total. The second-order valence-electron chi connectivity index (χ2n) is 3.50. The number of thioether (sulfide) groups is 1. The molecule has 0 atom stereocenters. The molecule has 1 aromatic heterocycles. The number of aromatic amines is 1. The Bertz CT molecular complexity index is 473. The lowest BCUT2D eigenvalue weighted by atomic mass is 10.2. The standard InChI is InChI=1S/C11H17N3O3S/c1-3-17-9(15)5-7-10(12)13-8(6-18-4-2)14-11(7)16/h3-6H2,1-2H3,(H3,12,13,14,16). The number of esters is 1. The molecular formula is C11H17N3O3S. The van der Waals surface area contributed by atoms with E-state index in [1.54, 1.807) is 18.7 Å². The lowest BCUT2D eigenvalue weighted by Crippen LogP contribution is -2.23. The number of nitrogens with zero attached hydrogens (tertiary/aromatic N) is 1. The molecule has 18 heavy (non-hydrogen) atoms. The molecule has 0 aromatic carbocycles. The van der Waals surface area contributed by atoms with Gasteiger partial charge in [-0.15, -0.1) is 0 Å². The third-order valence-electron chi connectivity index (χ3n) is 2.17. The highest BCUT2D eigenvalue weighted by Gasteiger charge is 2.13. The number of anilines is 1. The van der Waals surface area contributed by atoms with E-state index in [-0.39, 0.29) is 30.0 Å². The van der Waals surface area contributed by atoms with Crippen LogP contribution in [0, 0.1) is 0 Å². The van der Waals surface area contributed by atoms with Crippen LogP contribution in [0.25, 0.3) is 0 Å². The van der Waals surface area contributed by atoms with Gasteiger partial charge < -0.3 is 15.5 Å². The van der Waals surface area contributed by atoms with Crippen LogP contribution in [0.5, 0.6) is 0 Å². The molecule has 0 aliphatic carbocycles. The Morgan fingerprint density at radius 3 is 2.78 bits per heavy atom. The fourth-order valence-electron chi connectivity index (χ4n) is 1.36. The van der Waals surface area contributed by atoms with Gasteiger partial charge in [0.1, 0.15) is 11.6 Å². The Hall–Kier alpha value is -1.50. The zero-order chi connectivity index (χ0) is 13.5. The molecule has 1 aromatic rings. The molecule has 7 heteroatoms. The Kier molecular flexibility index (Phi) is 5.70. The molecule has 6 nitrogen and oxygen atoms in total. The summed E-state index contributed by atoms with van der Waals surface area (Å²) in [6.07, 6.45) is -0.150. The summed E-state index contributed by atoms with van der Waals surface area (Å²) < 4.78 is 4.77. The first-order valence-corrected chi connectivity index (χ1v) is 6.84. The van der Waals surface area contributed by atoms with Gasteiger partial charge in [-0.3, -0.25) is 9.59 Å². The van der Waals surface area contributed by atoms with Crippen molar-refractivity contribution in [3.63, 3.8) is 0 Å². The van der Waals surface area contributed by atoms with Crippen molar-refractivity contribution in [3.8, 4) is 0 Å². The predicted molar refractivity (Wildman–Crippen MR) is 71.4 cm³/mol. The third-order valence-corrected chi connectivity index (χ3v) is 3.05. The maximum absolute atomic E-state index is 11.8. The number of aromatic nitrogens is 2. The van der Waals surface area contributed by atoms with E-state index >= 15 is 0 Å². The van der Waals surface area contributed by atoms with Crippen LogP contribution >= 0.6 is 11.8 Å². The summed E-state index contributed by atoms with van der Waals surface area (Å²) >= 11 is 1.63. The first kappa shape index (κ1) is 14.6. The molecule has 0 aliphatic heterocycles. The molecule has 0 unspecified atom stereocenters. The number of ether oxygens (including phenoxy) is 1. The van der Waals surface area contributed by atoms with Gasteiger partial charge in [-0.1, -0.05) is 6.92 Å². The maximum atomic E-state index is 11.8. The van der Waals surface area contributed by atoms with Crippen LogP contribution in [0.1, 0.15) is 25.2 Å². The molecule has 1 rings (SSSR count). The number of rotatable bonds is 6. The summed E-state index contributed by atoms with van der Waals surface area (Å²) in [5, 5.41) is 0. The monoisotopic (exact) mass is 271 g/mol. The Morgan fingerprint density at radius 2 is 2.22 bits per heavy atom. The highest BCUT2D eigenvalue weighted by atomic mass is 32.2. The van der Waals surface area contributed by atoms with E-state index in [4.69, 9.17) is 10.5 Å². The minimum atomic E-state index is -0.479. The summed E-state index contributed by atoms with van der Waals surface area (Å²) in [5.41, 5.74) is 5.48. The van der Waals surface area contributed by atoms with Gasteiger partial charge in [0.25, 0.3) is 5.56 Å². The minimum absolute atomic E-state index is 0.0958. The number of hydrogen-bond donors (Lipinski definition) is 2. The Labute approximate surface area is 109 Å². The number of nitrogen functional groups attached to an aromatic ring is 1.